The highest BCUT2D eigenvalue weighted by Gasteiger charge is 2.24. The van der Waals surface area contributed by atoms with E-state index in [2.05, 4.69) is 33.0 Å². The lowest BCUT2D eigenvalue weighted by molar-refractivity contribution is 0.344. The summed E-state index contributed by atoms with van der Waals surface area (Å²) in [6.45, 7) is 10.2. The fraction of sp³-hybridized carbons (Fsp3) is 0.786. The second-order valence-corrected chi connectivity index (χ2v) is 6.99. The third-order valence-corrected chi connectivity index (χ3v) is 4.66. The Labute approximate surface area is 109 Å². The Hall–Kier alpha value is -0.570. The van der Waals surface area contributed by atoms with E-state index in [0.29, 0.717) is 5.92 Å². The highest BCUT2D eigenvalue weighted by Crippen LogP contribution is 2.35. The Bertz CT molecular complexity index is 368. The fourth-order valence-corrected chi connectivity index (χ4v) is 3.44. The van der Waals surface area contributed by atoms with Crippen molar-refractivity contribution in [2.45, 2.75) is 47.0 Å². The highest BCUT2D eigenvalue weighted by atomic mass is 32.1. The summed E-state index contributed by atoms with van der Waals surface area (Å²) >= 11 is 1.88. The molecule has 0 amide bonds. The molecule has 0 saturated heterocycles. The molecule has 1 N–H and O–H groups in total. The van der Waals surface area contributed by atoms with Gasteiger partial charge in [-0.2, -0.15) is 0 Å². The number of nitrogens with one attached hydrogen (secondary N) is 1. The Balaban J connectivity index is 2.01. The highest BCUT2D eigenvalue weighted by molar-refractivity contribution is 7.15. The molecule has 1 unspecified atom stereocenters. The van der Waals surface area contributed by atoms with Gasteiger partial charge in [-0.15, -0.1) is 11.3 Å². The van der Waals surface area contributed by atoms with Crippen LogP contribution in [0.2, 0.25) is 0 Å². The summed E-state index contributed by atoms with van der Waals surface area (Å²) in [7, 11) is 0. The van der Waals surface area contributed by atoms with Gasteiger partial charge in [0.1, 0.15) is 0 Å². The summed E-state index contributed by atoms with van der Waals surface area (Å²) in [4.78, 5) is 6.25. The van der Waals surface area contributed by atoms with Crippen LogP contribution in [0.4, 0.5) is 5.13 Å². The van der Waals surface area contributed by atoms with Crippen LogP contribution in [0, 0.1) is 17.8 Å². The monoisotopic (exact) mass is 252 g/mol. The van der Waals surface area contributed by atoms with E-state index in [-0.39, 0.29) is 0 Å². The molecule has 1 aliphatic carbocycles. The lowest BCUT2D eigenvalue weighted by Crippen LogP contribution is -2.17. The number of aromatic nitrogens is 1. The van der Waals surface area contributed by atoms with E-state index in [1.165, 1.54) is 29.8 Å². The summed E-state index contributed by atoms with van der Waals surface area (Å²) in [6, 6.07) is 0. The maximum atomic E-state index is 4.72. The first-order valence-corrected chi connectivity index (χ1v) is 7.60. The van der Waals surface area contributed by atoms with Crippen LogP contribution >= 0.6 is 11.3 Å². The number of nitrogens with zero attached hydrogens (tertiary/aromatic N) is 1. The molecule has 1 aromatic rings. The average molecular weight is 252 g/mol. The van der Waals surface area contributed by atoms with E-state index in [0.717, 1.165) is 23.5 Å². The predicted molar refractivity (Wildman–Crippen MR) is 75.8 cm³/mol. The molecule has 1 aliphatic rings. The van der Waals surface area contributed by atoms with Crippen molar-refractivity contribution in [1.29, 1.82) is 0 Å². The molecule has 0 spiro atoms. The van der Waals surface area contributed by atoms with E-state index in [1.54, 1.807) is 0 Å². The smallest absolute Gasteiger partial charge is 0.183 e. The number of fused-ring (bicyclic) bond motifs is 1. The molecule has 0 fully saturated rings. The topological polar surface area (TPSA) is 24.9 Å². The van der Waals surface area contributed by atoms with Gasteiger partial charge in [0.15, 0.2) is 5.13 Å². The predicted octanol–water partition coefficient (Wildman–Crippen LogP) is 3.97. The molecule has 17 heavy (non-hydrogen) atoms. The lowest BCUT2D eigenvalue weighted by atomic mass is 9.83. The molecule has 2 rings (SSSR count). The Morgan fingerprint density at radius 3 is 2.76 bits per heavy atom. The maximum Gasteiger partial charge on any atom is 0.183 e. The zero-order valence-corrected chi connectivity index (χ0v) is 12.2. The SMILES string of the molecule is CC(C)CNc1nc2c(s1)CC(C(C)C)CC2. The zero-order chi connectivity index (χ0) is 12.4. The van der Waals surface area contributed by atoms with Gasteiger partial charge in [0.2, 0.25) is 0 Å². The van der Waals surface area contributed by atoms with E-state index in [1.807, 2.05) is 11.3 Å². The van der Waals surface area contributed by atoms with Gasteiger partial charge in [-0.1, -0.05) is 27.7 Å². The van der Waals surface area contributed by atoms with Gasteiger partial charge in [0.05, 0.1) is 5.69 Å². The van der Waals surface area contributed by atoms with Gasteiger partial charge >= 0.3 is 0 Å². The minimum absolute atomic E-state index is 0.680. The quantitative estimate of drug-likeness (QED) is 0.877. The normalized spacial score (nSPS) is 19.8. The number of hydrogen-bond acceptors (Lipinski definition) is 3. The van der Waals surface area contributed by atoms with Crippen molar-refractivity contribution >= 4 is 16.5 Å². The van der Waals surface area contributed by atoms with Crippen molar-refractivity contribution < 1.29 is 0 Å². The van der Waals surface area contributed by atoms with E-state index in [4.69, 9.17) is 4.98 Å². The lowest BCUT2D eigenvalue weighted by Gasteiger charge is -2.24. The fourth-order valence-electron chi connectivity index (χ4n) is 2.34. The first kappa shape index (κ1) is 12.9. The minimum atomic E-state index is 0.680. The van der Waals surface area contributed by atoms with Gasteiger partial charge < -0.3 is 5.32 Å². The second-order valence-electron chi connectivity index (χ2n) is 5.91. The number of thiazole rings is 1. The van der Waals surface area contributed by atoms with Gasteiger partial charge in [0.25, 0.3) is 0 Å². The molecule has 1 heterocycles. The molecule has 0 aromatic carbocycles. The van der Waals surface area contributed by atoms with Crippen molar-refractivity contribution in [2.75, 3.05) is 11.9 Å². The largest absolute Gasteiger partial charge is 0.361 e. The molecule has 1 aromatic heterocycles. The number of anilines is 1. The Morgan fingerprint density at radius 1 is 1.35 bits per heavy atom. The second kappa shape index (κ2) is 5.38. The van der Waals surface area contributed by atoms with Gasteiger partial charge in [-0.25, -0.2) is 4.98 Å². The van der Waals surface area contributed by atoms with Crippen LogP contribution < -0.4 is 5.32 Å². The molecule has 3 heteroatoms. The van der Waals surface area contributed by atoms with Crippen LogP contribution in [-0.4, -0.2) is 11.5 Å². The molecular formula is C14H24N2S. The molecule has 96 valence electrons. The summed E-state index contributed by atoms with van der Waals surface area (Å²) in [5.41, 5.74) is 1.36. The van der Waals surface area contributed by atoms with Crippen LogP contribution in [0.3, 0.4) is 0 Å². The third-order valence-electron chi connectivity index (χ3n) is 3.58. The van der Waals surface area contributed by atoms with Crippen molar-refractivity contribution in [2.24, 2.45) is 17.8 Å². The van der Waals surface area contributed by atoms with E-state index in [9.17, 15) is 0 Å². The number of aryl methyl sites for hydroxylation is 1. The van der Waals surface area contributed by atoms with Crippen molar-refractivity contribution in [3.63, 3.8) is 0 Å². The molecule has 0 bridgehead atoms. The number of hydrogen-bond donors (Lipinski definition) is 1. The summed E-state index contributed by atoms with van der Waals surface area (Å²) in [5.74, 6) is 2.34. The van der Waals surface area contributed by atoms with Crippen LogP contribution in [0.1, 0.15) is 44.7 Å². The molecular weight excluding hydrogens is 228 g/mol. The summed E-state index contributed by atoms with van der Waals surface area (Å²) in [6.07, 6.45) is 3.74. The number of rotatable bonds is 4. The first-order chi connectivity index (χ1) is 8.06. The average Bonchev–Trinajstić information content (AvgIpc) is 2.67. The van der Waals surface area contributed by atoms with Crippen molar-refractivity contribution in [3.05, 3.63) is 10.6 Å². The van der Waals surface area contributed by atoms with Crippen molar-refractivity contribution in [3.8, 4) is 0 Å². The zero-order valence-electron chi connectivity index (χ0n) is 11.4. The maximum absolute atomic E-state index is 4.72. The van der Waals surface area contributed by atoms with E-state index < -0.39 is 0 Å². The van der Waals surface area contributed by atoms with Gasteiger partial charge in [-0.05, 0) is 37.0 Å². The molecule has 1 atom stereocenters. The van der Waals surface area contributed by atoms with Crippen LogP contribution in [0.25, 0.3) is 0 Å². The van der Waals surface area contributed by atoms with Crippen molar-refractivity contribution in [1.82, 2.24) is 4.98 Å². The van der Waals surface area contributed by atoms with Crippen LogP contribution in [-0.2, 0) is 12.8 Å². The summed E-state index contributed by atoms with van der Waals surface area (Å²) in [5, 5.41) is 4.59. The Kier molecular flexibility index (Phi) is 4.08. The molecule has 0 aliphatic heterocycles. The van der Waals surface area contributed by atoms with Crippen LogP contribution in [0.5, 0.6) is 0 Å². The molecule has 0 radical (unpaired) electrons. The molecule has 0 saturated carbocycles. The standard InChI is InChI=1S/C14H24N2S/c1-9(2)8-15-14-16-12-6-5-11(10(3)4)7-13(12)17-14/h9-11H,5-8H2,1-4H3,(H,15,16). The molecule has 2 nitrogen and oxygen atoms in total. The Morgan fingerprint density at radius 2 is 2.12 bits per heavy atom. The third kappa shape index (κ3) is 3.21. The minimum Gasteiger partial charge on any atom is -0.361 e. The van der Waals surface area contributed by atoms with Gasteiger partial charge in [0, 0.05) is 11.4 Å². The van der Waals surface area contributed by atoms with Crippen LogP contribution in [0.15, 0.2) is 0 Å². The van der Waals surface area contributed by atoms with E-state index >= 15 is 0 Å². The van der Waals surface area contributed by atoms with Gasteiger partial charge in [-0.3, -0.25) is 0 Å². The summed E-state index contributed by atoms with van der Waals surface area (Å²) < 4.78 is 0. The first-order valence-electron chi connectivity index (χ1n) is 6.78.